The Morgan fingerprint density at radius 2 is 1.97 bits per heavy atom. The predicted octanol–water partition coefficient (Wildman–Crippen LogP) is 4.28. The first-order valence-electron chi connectivity index (χ1n) is 11.5. The van der Waals surface area contributed by atoms with Gasteiger partial charge in [-0.25, -0.2) is 19.3 Å². The Morgan fingerprint density at radius 1 is 1.12 bits per heavy atom. The van der Waals surface area contributed by atoms with E-state index >= 15 is 0 Å². The van der Waals surface area contributed by atoms with Crippen molar-refractivity contribution in [3.8, 4) is 11.1 Å². The van der Waals surface area contributed by atoms with E-state index in [1.54, 1.807) is 6.20 Å². The lowest BCUT2D eigenvalue weighted by Gasteiger charge is -2.08. The van der Waals surface area contributed by atoms with Crippen molar-refractivity contribution >= 4 is 17.1 Å². The number of nitrogens with one attached hydrogen (secondary N) is 2. The molecule has 0 radical (unpaired) electrons. The third-order valence-electron chi connectivity index (χ3n) is 6.53. The van der Waals surface area contributed by atoms with E-state index in [4.69, 9.17) is 0 Å². The van der Waals surface area contributed by atoms with E-state index in [1.165, 1.54) is 31.3 Å². The molecule has 0 spiro atoms. The van der Waals surface area contributed by atoms with E-state index in [-0.39, 0.29) is 24.0 Å². The molecular formula is C24H24FN7O. The molecule has 168 valence electrons. The largest absolute Gasteiger partial charge is 0.347 e. The van der Waals surface area contributed by atoms with Gasteiger partial charge in [-0.3, -0.25) is 9.48 Å². The first kappa shape index (κ1) is 20.0. The van der Waals surface area contributed by atoms with Crippen LogP contribution in [-0.4, -0.2) is 35.6 Å². The lowest BCUT2D eigenvalue weighted by atomic mass is 10.1. The van der Waals surface area contributed by atoms with Gasteiger partial charge in [-0.05, 0) is 55.0 Å². The molecule has 0 aliphatic heterocycles. The second-order valence-corrected chi connectivity index (χ2v) is 9.00. The fraction of sp³-hybridized carbons (Fsp3) is 0.375. The minimum Gasteiger partial charge on any atom is -0.347 e. The number of aromatic nitrogens is 6. The molecule has 3 aromatic heterocycles. The first-order valence-corrected chi connectivity index (χ1v) is 11.5. The average Bonchev–Trinajstić information content (AvgIpc) is 3.24. The minimum atomic E-state index is -0.352. The number of fused-ring (bicyclic) bond motifs is 1. The number of hydrogen-bond acceptors (Lipinski definition) is 5. The second-order valence-electron chi connectivity index (χ2n) is 9.00. The maximum Gasteiger partial charge on any atom is 0.272 e. The highest BCUT2D eigenvalue weighted by molar-refractivity contribution is 6.02. The van der Waals surface area contributed by atoms with Crippen LogP contribution >= 0.6 is 0 Å². The highest BCUT2D eigenvalue weighted by Crippen LogP contribution is 2.35. The summed E-state index contributed by atoms with van der Waals surface area (Å²) in [6.45, 7) is 0.176. The third kappa shape index (κ3) is 3.99. The molecule has 2 N–H and O–H groups in total. The van der Waals surface area contributed by atoms with E-state index in [1.807, 2.05) is 16.9 Å². The van der Waals surface area contributed by atoms with Gasteiger partial charge in [0.25, 0.3) is 5.91 Å². The van der Waals surface area contributed by atoms with Gasteiger partial charge in [-0.15, -0.1) is 0 Å². The van der Waals surface area contributed by atoms with Gasteiger partial charge < -0.3 is 10.3 Å². The van der Waals surface area contributed by atoms with Crippen molar-refractivity contribution in [1.29, 1.82) is 0 Å². The van der Waals surface area contributed by atoms with Gasteiger partial charge in [0, 0.05) is 24.2 Å². The maximum atomic E-state index is 14.3. The van der Waals surface area contributed by atoms with E-state index in [0.717, 1.165) is 42.6 Å². The van der Waals surface area contributed by atoms with Crippen molar-refractivity contribution in [2.24, 2.45) is 0 Å². The number of amides is 1. The van der Waals surface area contributed by atoms with Crippen molar-refractivity contribution in [1.82, 2.24) is 35.0 Å². The number of rotatable bonds is 6. The normalized spacial score (nSPS) is 16.5. The highest BCUT2D eigenvalue weighted by atomic mass is 19.1. The molecule has 2 fully saturated rings. The SMILES string of the molecule is O=C(NCc1cc(F)cc(-c2cnn(C3CC3)c2)c1)c1ncnc2nc(C3CCCC3)[nH]c12. The molecule has 1 amide bonds. The molecule has 0 unspecified atom stereocenters. The van der Waals surface area contributed by atoms with Crippen LogP contribution < -0.4 is 5.32 Å². The van der Waals surface area contributed by atoms with Crippen LogP contribution in [-0.2, 0) is 6.54 Å². The lowest BCUT2D eigenvalue weighted by molar-refractivity contribution is 0.0947. The standard InChI is InChI=1S/C24H24FN7O/c25-18-8-14(7-16(9-18)17-11-29-32(12-17)19-5-6-19)10-26-24(33)21-20-23(28-13-27-21)31-22(30-20)15-3-1-2-4-15/h7-9,11-13,15,19H,1-6,10H2,(H,26,33)(H,27,28,30,31). The topological polar surface area (TPSA) is 101 Å². The van der Waals surface area contributed by atoms with Gasteiger partial charge in [0.05, 0.1) is 12.2 Å². The number of carbonyl (C=O) groups excluding carboxylic acids is 1. The Labute approximate surface area is 189 Å². The number of halogens is 1. The lowest BCUT2D eigenvalue weighted by Crippen LogP contribution is -2.24. The molecular weight excluding hydrogens is 421 g/mol. The Balaban J connectivity index is 1.21. The number of aromatic amines is 1. The molecule has 4 aromatic rings. The predicted molar refractivity (Wildman–Crippen MR) is 120 cm³/mol. The summed E-state index contributed by atoms with van der Waals surface area (Å²) in [6, 6.07) is 5.26. The molecule has 2 aliphatic carbocycles. The van der Waals surface area contributed by atoms with Crippen molar-refractivity contribution < 1.29 is 9.18 Å². The van der Waals surface area contributed by atoms with Gasteiger partial charge in [0.2, 0.25) is 0 Å². The summed E-state index contributed by atoms with van der Waals surface area (Å²) in [5.41, 5.74) is 3.56. The molecule has 8 nitrogen and oxygen atoms in total. The van der Waals surface area contributed by atoms with Crippen molar-refractivity contribution in [2.75, 3.05) is 0 Å². The minimum absolute atomic E-state index is 0.176. The Hall–Kier alpha value is -3.62. The third-order valence-corrected chi connectivity index (χ3v) is 6.53. The van der Waals surface area contributed by atoms with Crippen LogP contribution in [0.4, 0.5) is 4.39 Å². The zero-order valence-electron chi connectivity index (χ0n) is 18.1. The van der Waals surface area contributed by atoms with Crippen LogP contribution in [0.2, 0.25) is 0 Å². The number of hydrogen-bond donors (Lipinski definition) is 2. The monoisotopic (exact) mass is 445 g/mol. The molecule has 2 aliphatic rings. The highest BCUT2D eigenvalue weighted by Gasteiger charge is 2.25. The van der Waals surface area contributed by atoms with Gasteiger partial charge in [-0.1, -0.05) is 12.8 Å². The number of H-pyrrole nitrogens is 1. The van der Waals surface area contributed by atoms with Crippen LogP contribution in [0.15, 0.2) is 36.9 Å². The summed E-state index contributed by atoms with van der Waals surface area (Å²) < 4.78 is 16.3. The Morgan fingerprint density at radius 3 is 2.79 bits per heavy atom. The molecule has 3 heterocycles. The summed E-state index contributed by atoms with van der Waals surface area (Å²) in [7, 11) is 0. The van der Waals surface area contributed by atoms with Crippen LogP contribution in [0.1, 0.15) is 72.4 Å². The molecule has 2 saturated carbocycles. The first-order chi connectivity index (χ1) is 16.1. The van der Waals surface area contributed by atoms with Gasteiger partial charge in [0.15, 0.2) is 11.3 Å². The number of benzene rings is 1. The zero-order valence-corrected chi connectivity index (χ0v) is 18.1. The summed E-state index contributed by atoms with van der Waals surface area (Å²) in [4.78, 5) is 29.2. The zero-order chi connectivity index (χ0) is 22.4. The molecule has 1 aromatic carbocycles. The van der Waals surface area contributed by atoms with E-state index in [2.05, 4.69) is 30.4 Å². The van der Waals surface area contributed by atoms with Gasteiger partial charge in [-0.2, -0.15) is 5.10 Å². The Kier molecular flexibility index (Phi) is 4.89. The number of nitrogens with zero attached hydrogens (tertiary/aromatic N) is 5. The van der Waals surface area contributed by atoms with Crippen molar-refractivity contribution in [3.63, 3.8) is 0 Å². The molecule has 0 saturated heterocycles. The summed E-state index contributed by atoms with van der Waals surface area (Å²) in [5, 5.41) is 7.25. The summed E-state index contributed by atoms with van der Waals surface area (Å²) >= 11 is 0. The smallest absolute Gasteiger partial charge is 0.272 e. The van der Waals surface area contributed by atoms with Crippen LogP contribution in [0, 0.1) is 5.82 Å². The van der Waals surface area contributed by atoms with E-state index < -0.39 is 0 Å². The van der Waals surface area contributed by atoms with Crippen molar-refractivity contribution in [3.05, 3.63) is 59.8 Å². The molecule has 0 atom stereocenters. The number of carbonyl (C=O) groups is 1. The molecule has 9 heteroatoms. The summed E-state index contributed by atoms with van der Waals surface area (Å²) in [5.74, 6) is 0.551. The summed E-state index contributed by atoms with van der Waals surface area (Å²) in [6.07, 6.45) is 11.9. The van der Waals surface area contributed by atoms with Gasteiger partial charge in [0.1, 0.15) is 23.5 Å². The quantitative estimate of drug-likeness (QED) is 0.461. The van der Waals surface area contributed by atoms with Crippen LogP contribution in [0.25, 0.3) is 22.3 Å². The fourth-order valence-corrected chi connectivity index (χ4v) is 4.62. The average molecular weight is 446 g/mol. The second kappa shape index (κ2) is 8.06. The van der Waals surface area contributed by atoms with Crippen LogP contribution in [0.5, 0.6) is 0 Å². The van der Waals surface area contributed by atoms with Gasteiger partial charge >= 0.3 is 0 Å². The maximum absolute atomic E-state index is 14.3. The van der Waals surface area contributed by atoms with E-state index in [9.17, 15) is 9.18 Å². The van der Waals surface area contributed by atoms with Crippen molar-refractivity contribution in [2.45, 2.75) is 57.0 Å². The van der Waals surface area contributed by atoms with Crippen LogP contribution in [0.3, 0.4) is 0 Å². The van der Waals surface area contributed by atoms with E-state index in [0.29, 0.717) is 28.7 Å². The fourth-order valence-electron chi connectivity index (χ4n) is 4.62. The molecule has 33 heavy (non-hydrogen) atoms. The Bertz CT molecular complexity index is 1330. The number of imidazole rings is 1. The molecule has 0 bridgehead atoms. The molecule has 6 rings (SSSR count).